The van der Waals surface area contributed by atoms with Crippen LogP contribution in [0.2, 0.25) is 0 Å². The van der Waals surface area contributed by atoms with Gasteiger partial charge in [-0.15, -0.1) is 0 Å². The van der Waals surface area contributed by atoms with Gasteiger partial charge < -0.3 is 19.7 Å². The number of nitriles is 1. The molecule has 0 aromatic heterocycles. The molecule has 1 aliphatic heterocycles. The van der Waals surface area contributed by atoms with Crippen molar-refractivity contribution in [1.82, 2.24) is 10.2 Å². The van der Waals surface area contributed by atoms with Gasteiger partial charge in [0.1, 0.15) is 0 Å². The Hall–Kier alpha value is -2.76. The third kappa shape index (κ3) is 4.80. The molecule has 0 unspecified atom stereocenters. The van der Waals surface area contributed by atoms with Crippen molar-refractivity contribution in [2.24, 2.45) is 4.99 Å². The number of nitrogens with one attached hydrogen (secondary N) is 2. The molecule has 0 amide bonds. The van der Waals surface area contributed by atoms with Gasteiger partial charge in [0.25, 0.3) is 0 Å². The molecule has 174 valence electrons. The molecule has 2 aromatic rings. The maximum atomic E-state index is 9.25. The fourth-order valence-corrected chi connectivity index (χ4v) is 5.79. The van der Waals surface area contributed by atoms with Crippen molar-refractivity contribution < 1.29 is 9.47 Å². The van der Waals surface area contributed by atoms with E-state index in [4.69, 9.17) is 14.5 Å². The summed E-state index contributed by atoms with van der Waals surface area (Å²) < 4.78 is 12.0. The number of guanidine groups is 1. The summed E-state index contributed by atoms with van der Waals surface area (Å²) in [5.41, 5.74) is 2.25. The summed E-state index contributed by atoms with van der Waals surface area (Å²) in [4.78, 5) is 7.37. The van der Waals surface area contributed by atoms with Gasteiger partial charge >= 0.3 is 0 Å². The number of hydrogen-bond acceptors (Lipinski definition) is 5. The van der Waals surface area contributed by atoms with Crippen molar-refractivity contribution in [1.29, 1.82) is 5.26 Å². The maximum absolute atomic E-state index is 9.25. The van der Waals surface area contributed by atoms with Crippen LogP contribution in [0.5, 0.6) is 11.5 Å². The van der Waals surface area contributed by atoms with Gasteiger partial charge in [0.05, 0.1) is 20.3 Å². The molecule has 0 bridgehead atoms. The number of anilines is 1. The Bertz CT molecular complexity index is 1070. The minimum Gasteiger partial charge on any atom is -0.493 e. The number of nitrogens with zero attached hydrogens (tertiary/aromatic N) is 3. The zero-order chi connectivity index (χ0) is 23.4. The number of ether oxygens (including phenoxy) is 2. The van der Waals surface area contributed by atoms with Gasteiger partial charge in [-0.1, -0.05) is 28.1 Å². The third-order valence-electron chi connectivity index (χ3n) is 7.03. The lowest BCUT2D eigenvalue weighted by Gasteiger charge is -2.44. The number of likely N-dealkylation sites (tertiary alicyclic amines) is 1. The van der Waals surface area contributed by atoms with Crippen molar-refractivity contribution in [3.63, 3.8) is 0 Å². The van der Waals surface area contributed by atoms with E-state index in [2.05, 4.69) is 50.6 Å². The Balaban J connectivity index is 1.58. The Labute approximate surface area is 203 Å². The third-order valence-corrected chi connectivity index (χ3v) is 7.52. The van der Waals surface area contributed by atoms with E-state index in [-0.39, 0.29) is 11.5 Å². The number of methoxy groups -OCH3 is 2. The molecule has 2 fully saturated rings. The highest BCUT2D eigenvalue weighted by Gasteiger charge is 2.50. The lowest BCUT2D eigenvalue weighted by molar-refractivity contribution is 0.168. The van der Waals surface area contributed by atoms with Crippen molar-refractivity contribution in [3.8, 4) is 17.7 Å². The minimum absolute atomic E-state index is 0.0703. The van der Waals surface area contributed by atoms with Crippen molar-refractivity contribution in [2.75, 3.05) is 33.1 Å². The summed E-state index contributed by atoms with van der Waals surface area (Å²) in [5.74, 6) is 2.01. The molecular weight excluding hydrogens is 482 g/mol. The fourth-order valence-electron chi connectivity index (χ4n) is 5.40. The highest BCUT2D eigenvalue weighted by molar-refractivity contribution is 9.10. The molecule has 1 aliphatic carbocycles. The molecular formula is C25H30BrN5O2. The van der Waals surface area contributed by atoms with Gasteiger partial charge in [-0.2, -0.15) is 5.26 Å². The van der Waals surface area contributed by atoms with Gasteiger partial charge in [-0.05, 0) is 75.2 Å². The Morgan fingerprint density at radius 2 is 2.00 bits per heavy atom. The summed E-state index contributed by atoms with van der Waals surface area (Å²) in [6.45, 7) is 1.05. The summed E-state index contributed by atoms with van der Waals surface area (Å²) in [6.07, 6.45) is 6.04. The average Bonchev–Trinajstić information content (AvgIpc) is 3.16. The first kappa shape index (κ1) is 23.4. The van der Waals surface area contributed by atoms with Gasteiger partial charge in [-0.25, -0.2) is 4.99 Å². The summed E-state index contributed by atoms with van der Waals surface area (Å²) >= 11 is 3.49. The largest absolute Gasteiger partial charge is 0.493 e. The van der Waals surface area contributed by atoms with Crippen LogP contribution in [0.4, 0.5) is 5.69 Å². The molecule has 4 rings (SSSR count). The Kier molecular flexibility index (Phi) is 7.11. The molecule has 1 heterocycles. The first-order valence-corrected chi connectivity index (χ1v) is 12.0. The number of hydrogen-bond donors (Lipinski definition) is 2. The minimum atomic E-state index is 0.0703. The molecule has 2 N–H and O–H groups in total. The average molecular weight is 512 g/mol. The van der Waals surface area contributed by atoms with Crippen molar-refractivity contribution in [3.05, 3.63) is 52.5 Å². The number of benzene rings is 2. The SMILES string of the molecule is COc1ccc([C@@]23CC[C@@H](N=C(NC#N)Nc4cccc(Br)c4)C[C@@H]2N(C)CC3)cc1OC. The summed E-state index contributed by atoms with van der Waals surface area (Å²) in [6, 6.07) is 14.7. The van der Waals surface area contributed by atoms with Gasteiger partial charge in [0, 0.05) is 21.6 Å². The first-order valence-electron chi connectivity index (χ1n) is 11.2. The normalized spacial score (nSPS) is 25.1. The summed E-state index contributed by atoms with van der Waals surface area (Å²) in [7, 11) is 5.55. The first-order chi connectivity index (χ1) is 16.0. The van der Waals surface area contributed by atoms with E-state index in [9.17, 15) is 5.26 Å². The van der Waals surface area contributed by atoms with Crippen LogP contribution in [-0.2, 0) is 5.41 Å². The van der Waals surface area contributed by atoms with E-state index in [1.807, 2.05) is 36.5 Å². The van der Waals surface area contributed by atoms with E-state index in [1.165, 1.54) is 5.56 Å². The second kappa shape index (κ2) is 10.0. The molecule has 7 nitrogen and oxygen atoms in total. The van der Waals surface area contributed by atoms with Crippen LogP contribution < -0.4 is 20.1 Å². The molecule has 33 heavy (non-hydrogen) atoms. The molecule has 3 atom stereocenters. The molecule has 1 saturated carbocycles. The second-order valence-electron chi connectivity index (χ2n) is 8.75. The van der Waals surface area contributed by atoms with Gasteiger partial charge in [0.2, 0.25) is 5.96 Å². The lowest BCUT2D eigenvalue weighted by Crippen LogP contribution is -2.47. The quantitative estimate of drug-likeness (QED) is 0.266. The van der Waals surface area contributed by atoms with E-state index >= 15 is 0 Å². The van der Waals surface area contributed by atoms with Crippen LogP contribution >= 0.6 is 15.9 Å². The van der Waals surface area contributed by atoms with E-state index in [0.717, 1.165) is 53.9 Å². The van der Waals surface area contributed by atoms with Crippen LogP contribution in [0.25, 0.3) is 0 Å². The maximum Gasteiger partial charge on any atom is 0.209 e. The van der Waals surface area contributed by atoms with Crippen molar-refractivity contribution >= 4 is 27.6 Å². The van der Waals surface area contributed by atoms with E-state index in [0.29, 0.717) is 12.0 Å². The molecule has 0 radical (unpaired) electrons. The number of fused-ring (bicyclic) bond motifs is 1. The zero-order valence-corrected chi connectivity index (χ0v) is 20.9. The predicted octanol–water partition coefficient (Wildman–Crippen LogP) is 4.50. The number of rotatable bonds is 5. The van der Waals surface area contributed by atoms with E-state index in [1.54, 1.807) is 14.2 Å². The van der Waals surface area contributed by atoms with Gasteiger partial charge in [-0.3, -0.25) is 5.32 Å². The van der Waals surface area contributed by atoms with Crippen LogP contribution in [-0.4, -0.2) is 50.8 Å². The Morgan fingerprint density at radius 3 is 2.73 bits per heavy atom. The predicted molar refractivity (Wildman–Crippen MR) is 134 cm³/mol. The molecule has 2 aliphatic rings. The molecule has 0 spiro atoms. The van der Waals surface area contributed by atoms with Crippen LogP contribution in [0.3, 0.4) is 0 Å². The van der Waals surface area contributed by atoms with E-state index < -0.39 is 0 Å². The molecule has 8 heteroatoms. The van der Waals surface area contributed by atoms with Crippen molar-refractivity contribution in [2.45, 2.75) is 43.2 Å². The fraction of sp³-hybridized carbons (Fsp3) is 0.440. The highest BCUT2D eigenvalue weighted by Crippen LogP contribution is 2.50. The summed E-state index contributed by atoms with van der Waals surface area (Å²) in [5, 5.41) is 15.2. The smallest absolute Gasteiger partial charge is 0.209 e. The highest BCUT2D eigenvalue weighted by atomic mass is 79.9. The zero-order valence-electron chi connectivity index (χ0n) is 19.3. The van der Waals surface area contributed by atoms with Crippen LogP contribution in [0.1, 0.15) is 31.2 Å². The molecule has 2 aromatic carbocycles. The lowest BCUT2D eigenvalue weighted by atomic mass is 9.65. The monoisotopic (exact) mass is 511 g/mol. The van der Waals surface area contributed by atoms with Crippen LogP contribution in [0.15, 0.2) is 51.9 Å². The number of likely N-dealkylation sites (N-methyl/N-ethyl adjacent to an activating group) is 1. The second-order valence-corrected chi connectivity index (χ2v) is 9.67. The van der Waals surface area contributed by atoms with Crippen LogP contribution in [0, 0.1) is 11.5 Å². The number of aliphatic imine (C=N–C) groups is 1. The standard InChI is InChI=1S/C25H30BrN5O2/c1-31-12-11-25(17-7-8-21(32-2)22(13-17)33-3)10-9-20(15-23(25)31)30-24(28-16-27)29-19-6-4-5-18(26)14-19/h4-8,13-14,20,23H,9-12,15H2,1-3H3,(H2,28,29,30)/t20-,23+,25+/m1/s1. The Morgan fingerprint density at radius 1 is 1.18 bits per heavy atom. The number of halogens is 1. The van der Waals surface area contributed by atoms with Gasteiger partial charge in [0.15, 0.2) is 17.7 Å². The molecule has 1 saturated heterocycles. The topological polar surface area (TPSA) is 81.9 Å².